The van der Waals surface area contributed by atoms with Gasteiger partial charge in [-0.15, -0.1) is 11.3 Å². The standard InChI is InChI=1S/C13H21BrN2O2S2/c1-3-10-4-5-16(11(6-10)8-15)20(17,18)12-7-13(14)19-9(12)2/h7,10-11H,3-6,8,15H2,1-2H3. The van der Waals surface area contributed by atoms with Crippen molar-refractivity contribution in [2.75, 3.05) is 13.1 Å². The Morgan fingerprint density at radius 1 is 1.55 bits per heavy atom. The van der Waals surface area contributed by atoms with E-state index in [1.165, 1.54) is 11.3 Å². The van der Waals surface area contributed by atoms with Crippen LogP contribution in [-0.2, 0) is 10.0 Å². The molecular weight excluding hydrogens is 360 g/mol. The summed E-state index contributed by atoms with van der Waals surface area (Å²) < 4.78 is 28.1. The summed E-state index contributed by atoms with van der Waals surface area (Å²) in [6.45, 7) is 4.97. The third-order valence-corrected chi connectivity index (χ3v) is 7.81. The second-order valence-corrected chi connectivity index (χ2v) is 9.77. The largest absolute Gasteiger partial charge is 0.329 e. The number of nitrogens with two attached hydrogens (primary N) is 1. The number of halogens is 1. The molecule has 1 aliphatic rings. The highest BCUT2D eigenvalue weighted by Gasteiger charge is 2.36. The number of hydrogen-bond donors (Lipinski definition) is 1. The van der Waals surface area contributed by atoms with Crippen LogP contribution in [0.4, 0.5) is 0 Å². The first-order valence-electron chi connectivity index (χ1n) is 6.88. The zero-order valence-electron chi connectivity index (χ0n) is 11.8. The summed E-state index contributed by atoms with van der Waals surface area (Å²) in [5, 5.41) is 0. The van der Waals surface area contributed by atoms with Crippen LogP contribution >= 0.6 is 27.3 Å². The van der Waals surface area contributed by atoms with Crippen molar-refractivity contribution >= 4 is 37.3 Å². The van der Waals surface area contributed by atoms with E-state index in [9.17, 15) is 8.42 Å². The average molecular weight is 381 g/mol. The number of rotatable bonds is 4. The van der Waals surface area contributed by atoms with Crippen LogP contribution in [0.3, 0.4) is 0 Å². The molecule has 20 heavy (non-hydrogen) atoms. The van der Waals surface area contributed by atoms with Crippen LogP contribution in [0.5, 0.6) is 0 Å². The summed E-state index contributed by atoms with van der Waals surface area (Å²) in [6.07, 6.45) is 2.89. The first kappa shape index (κ1) is 16.4. The van der Waals surface area contributed by atoms with E-state index in [0.717, 1.165) is 27.9 Å². The lowest BCUT2D eigenvalue weighted by Crippen LogP contribution is -2.49. The summed E-state index contributed by atoms with van der Waals surface area (Å²) in [4.78, 5) is 1.24. The van der Waals surface area contributed by atoms with Crippen LogP contribution < -0.4 is 5.73 Å². The Labute approximate surface area is 133 Å². The van der Waals surface area contributed by atoms with E-state index in [2.05, 4.69) is 22.9 Å². The van der Waals surface area contributed by atoms with Gasteiger partial charge in [-0.05, 0) is 47.7 Å². The Hall–Kier alpha value is 0.0500. The maximum absolute atomic E-state index is 12.8. The highest BCUT2D eigenvalue weighted by Crippen LogP contribution is 2.35. The lowest BCUT2D eigenvalue weighted by Gasteiger charge is -2.37. The fraction of sp³-hybridized carbons (Fsp3) is 0.692. The average Bonchev–Trinajstić information content (AvgIpc) is 2.77. The molecule has 0 saturated carbocycles. The lowest BCUT2D eigenvalue weighted by molar-refractivity contribution is 0.197. The van der Waals surface area contributed by atoms with Gasteiger partial charge in [-0.2, -0.15) is 4.31 Å². The molecule has 1 saturated heterocycles. The van der Waals surface area contributed by atoms with Crippen molar-refractivity contribution in [3.8, 4) is 0 Å². The van der Waals surface area contributed by atoms with Gasteiger partial charge in [0, 0.05) is 24.0 Å². The molecule has 4 nitrogen and oxygen atoms in total. The quantitative estimate of drug-likeness (QED) is 0.872. The van der Waals surface area contributed by atoms with E-state index in [1.54, 1.807) is 10.4 Å². The Balaban J connectivity index is 2.31. The molecule has 0 spiro atoms. The molecule has 0 aromatic carbocycles. The van der Waals surface area contributed by atoms with E-state index in [4.69, 9.17) is 5.73 Å². The second kappa shape index (κ2) is 6.44. The Morgan fingerprint density at radius 3 is 2.75 bits per heavy atom. The highest BCUT2D eigenvalue weighted by molar-refractivity contribution is 9.11. The van der Waals surface area contributed by atoms with Gasteiger partial charge in [0.1, 0.15) is 0 Å². The van der Waals surface area contributed by atoms with Crippen LogP contribution in [0.1, 0.15) is 31.1 Å². The predicted octanol–water partition coefficient (Wildman–Crippen LogP) is 2.96. The van der Waals surface area contributed by atoms with Crippen LogP contribution in [0.15, 0.2) is 14.7 Å². The van der Waals surface area contributed by atoms with E-state index >= 15 is 0 Å². The lowest BCUT2D eigenvalue weighted by atomic mass is 9.90. The highest BCUT2D eigenvalue weighted by atomic mass is 79.9. The summed E-state index contributed by atoms with van der Waals surface area (Å²) in [6, 6.07) is 1.63. The number of sulfonamides is 1. The first-order valence-corrected chi connectivity index (χ1v) is 9.93. The first-order chi connectivity index (χ1) is 9.40. The minimum Gasteiger partial charge on any atom is -0.329 e. The molecule has 1 aromatic rings. The van der Waals surface area contributed by atoms with Crippen molar-refractivity contribution in [3.05, 3.63) is 14.7 Å². The van der Waals surface area contributed by atoms with E-state index in [0.29, 0.717) is 23.9 Å². The zero-order valence-corrected chi connectivity index (χ0v) is 15.0. The molecule has 0 amide bonds. The molecule has 1 fully saturated rings. The van der Waals surface area contributed by atoms with Gasteiger partial charge >= 0.3 is 0 Å². The SMILES string of the molecule is CCC1CCN(S(=O)(=O)c2cc(Br)sc2C)C(CN)C1. The van der Waals surface area contributed by atoms with Crippen LogP contribution in [0, 0.1) is 12.8 Å². The molecule has 2 N–H and O–H groups in total. The summed E-state index contributed by atoms with van der Waals surface area (Å²) in [5.41, 5.74) is 5.82. The van der Waals surface area contributed by atoms with Gasteiger partial charge in [-0.3, -0.25) is 0 Å². The molecular formula is C13H21BrN2O2S2. The Bertz CT molecular complexity index is 571. The van der Waals surface area contributed by atoms with Crippen molar-refractivity contribution in [2.24, 2.45) is 11.7 Å². The van der Waals surface area contributed by atoms with Crippen molar-refractivity contribution in [1.29, 1.82) is 0 Å². The minimum absolute atomic E-state index is 0.0724. The third-order valence-electron chi connectivity index (χ3n) is 4.05. The molecule has 2 rings (SSSR count). The van der Waals surface area contributed by atoms with Gasteiger partial charge in [0.15, 0.2) is 0 Å². The minimum atomic E-state index is -3.43. The fourth-order valence-electron chi connectivity index (χ4n) is 2.83. The van der Waals surface area contributed by atoms with Crippen LogP contribution in [0.2, 0.25) is 0 Å². The number of piperidine rings is 1. The second-order valence-electron chi connectivity index (χ2n) is 5.27. The zero-order chi connectivity index (χ0) is 14.9. The maximum atomic E-state index is 12.8. The number of nitrogens with zero attached hydrogens (tertiary/aromatic N) is 1. The molecule has 2 atom stereocenters. The summed E-state index contributed by atoms with van der Waals surface area (Å²) in [5.74, 6) is 0.588. The van der Waals surface area contributed by atoms with Crippen molar-refractivity contribution in [2.45, 2.75) is 44.0 Å². The Kier molecular flexibility index (Phi) is 5.29. The molecule has 0 radical (unpaired) electrons. The molecule has 0 aliphatic carbocycles. The topological polar surface area (TPSA) is 63.4 Å². The molecule has 114 valence electrons. The van der Waals surface area contributed by atoms with E-state index in [1.807, 2.05) is 6.92 Å². The maximum Gasteiger partial charge on any atom is 0.244 e. The van der Waals surface area contributed by atoms with E-state index < -0.39 is 10.0 Å². The van der Waals surface area contributed by atoms with Gasteiger partial charge in [0.25, 0.3) is 0 Å². The third kappa shape index (κ3) is 3.11. The summed E-state index contributed by atoms with van der Waals surface area (Å²) >= 11 is 4.82. The van der Waals surface area contributed by atoms with Gasteiger partial charge in [0.05, 0.1) is 8.68 Å². The fourth-order valence-corrected chi connectivity index (χ4v) is 6.87. The van der Waals surface area contributed by atoms with E-state index in [-0.39, 0.29) is 6.04 Å². The van der Waals surface area contributed by atoms with Crippen molar-refractivity contribution in [3.63, 3.8) is 0 Å². The van der Waals surface area contributed by atoms with Gasteiger partial charge in [-0.25, -0.2) is 8.42 Å². The molecule has 1 aliphatic heterocycles. The van der Waals surface area contributed by atoms with Crippen molar-refractivity contribution in [1.82, 2.24) is 4.31 Å². The molecule has 2 unspecified atom stereocenters. The van der Waals surface area contributed by atoms with Gasteiger partial charge in [-0.1, -0.05) is 13.3 Å². The predicted molar refractivity (Wildman–Crippen MR) is 86.5 cm³/mol. The van der Waals surface area contributed by atoms with Crippen molar-refractivity contribution < 1.29 is 8.42 Å². The number of thiophene rings is 1. The van der Waals surface area contributed by atoms with Crippen LogP contribution in [-0.4, -0.2) is 31.9 Å². The Morgan fingerprint density at radius 2 is 2.25 bits per heavy atom. The summed E-state index contributed by atoms with van der Waals surface area (Å²) in [7, 11) is -3.43. The number of aryl methyl sites for hydroxylation is 1. The molecule has 7 heteroatoms. The van der Waals surface area contributed by atoms with Gasteiger partial charge < -0.3 is 5.73 Å². The smallest absolute Gasteiger partial charge is 0.244 e. The molecule has 1 aromatic heterocycles. The van der Waals surface area contributed by atoms with Crippen LogP contribution in [0.25, 0.3) is 0 Å². The van der Waals surface area contributed by atoms with Gasteiger partial charge in [0.2, 0.25) is 10.0 Å². The molecule has 0 bridgehead atoms. The number of hydrogen-bond acceptors (Lipinski definition) is 4. The monoisotopic (exact) mass is 380 g/mol. The normalized spacial score (nSPS) is 25.0. The molecule has 2 heterocycles.